The quantitative estimate of drug-likeness (QED) is 0.616. The lowest BCUT2D eigenvalue weighted by Gasteiger charge is -2.18. The first kappa shape index (κ1) is 18.9. The normalized spacial score (nSPS) is 11.8. The number of nitrogens with zero attached hydrogens (tertiary/aromatic N) is 3. The van der Waals surface area contributed by atoms with Crippen LogP contribution in [-0.2, 0) is 23.1 Å². The molecule has 0 N–H and O–H groups in total. The van der Waals surface area contributed by atoms with E-state index in [-0.39, 0.29) is 21.5 Å². The van der Waals surface area contributed by atoms with Gasteiger partial charge in [-0.05, 0) is 17.7 Å². The Labute approximate surface area is 162 Å². The largest absolute Gasteiger partial charge is 0.268 e. The molecule has 0 spiro atoms. The summed E-state index contributed by atoms with van der Waals surface area (Å²) in [6.07, 6.45) is 3.48. The van der Waals surface area contributed by atoms with Crippen LogP contribution >= 0.6 is 23.2 Å². The summed E-state index contributed by atoms with van der Waals surface area (Å²) in [5.41, 5.74) is 1.89. The third-order valence-corrected chi connectivity index (χ3v) is 6.63. The van der Waals surface area contributed by atoms with E-state index in [0.717, 1.165) is 11.1 Å². The number of aromatic nitrogens is 2. The van der Waals surface area contributed by atoms with Gasteiger partial charge in [0.15, 0.2) is 0 Å². The second-order valence-corrected chi connectivity index (χ2v) is 8.64. The van der Waals surface area contributed by atoms with E-state index in [0.29, 0.717) is 6.54 Å². The first-order valence-corrected chi connectivity index (χ1v) is 10.0. The molecule has 0 aliphatic rings. The second-order valence-electron chi connectivity index (χ2n) is 5.84. The Bertz CT molecular complexity index is 984. The minimum atomic E-state index is -3.82. The fourth-order valence-corrected chi connectivity index (χ4v) is 4.81. The molecule has 1 aromatic heterocycles. The van der Waals surface area contributed by atoms with Crippen molar-refractivity contribution >= 4 is 33.2 Å². The van der Waals surface area contributed by atoms with Crippen LogP contribution in [-0.4, -0.2) is 29.6 Å². The van der Waals surface area contributed by atoms with E-state index < -0.39 is 10.0 Å². The van der Waals surface area contributed by atoms with Crippen LogP contribution in [0.4, 0.5) is 0 Å². The number of halogens is 2. The van der Waals surface area contributed by atoms with Crippen molar-refractivity contribution in [3.8, 4) is 0 Å². The van der Waals surface area contributed by atoms with Gasteiger partial charge >= 0.3 is 0 Å². The minimum Gasteiger partial charge on any atom is -0.268 e. The van der Waals surface area contributed by atoms with E-state index in [9.17, 15) is 8.42 Å². The molecule has 26 heavy (non-hydrogen) atoms. The summed E-state index contributed by atoms with van der Waals surface area (Å²) in [6, 6.07) is 14.5. The van der Waals surface area contributed by atoms with Crippen molar-refractivity contribution in [2.45, 2.75) is 18.0 Å². The average molecular weight is 410 g/mol. The van der Waals surface area contributed by atoms with Crippen LogP contribution in [0.2, 0.25) is 10.0 Å². The van der Waals surface area contributed by atoms with Crippen LogP contribution in [0.3, 0.4) is 0 Å². The van der Waals surface area contributed by atoms with Crippen LogP contribution in [0.5, 0.6) is 0 Å². The Kier molecular flexibility index (Phi) is 5.67. The van der Waals surface area contributed by atoms with Gasteiger partial charge in [-0.25, -0.2) is 8.42 Å². The number of hydrogen-bond donors (Lipinski definition) is 0. The van der Waals surface area contributed by atoms with Crippen molar-refractivity contribution in [3.05, 3.63) is 82.1 Å². The maximum absolute atomic E-state index is 12.8. The number of sulfonamides is 1. The molecule has 0 aliphatic heterocycles. The van der Waals surface area contributed by atoms with Gasteiger partial charge in [-0.2, -0.15) is 9.40 Å². The number of benzene rings is 2. The zero-order chi connectivity index (χ0) is 18.7. The number of rotatable bonds is 6. The molecular weight excluding hydrogens is 393 g/mol. The average Bonchev–Trinajstić information content (AvgIpc) is 3.02. The van der Waals surface area contributed by atoms with Crippen LogP contribution < -0.4 is 0 Å². The van der Waals surface area contributed by atoms with Gasteiger partial charge in [0.05, 0.1) is 22.8 Å². The molecule has 1 heterocycles. The SMILES string of the molecule is CN(Cc1cnn(Cc2ccccc2)c1)S(=O)(=O)c1c(Cl)cccc1Cl. The van der Waals surface area contributed by atoms with Gasteiger partial charge in [-0.15, -0.1) is 0 Å². The molecule has 0 bridgehead atoms. The van der Waals surface area contributed by atoms with E-state index in [1.54, 1.807) is 16.9 Å². The molecule has 0 saturated carbocycles. The molecule has 0 radical (unpaired) electrons. The van der Waals surface area contributed by atoms with Gasteiger partial charge < -0.3 is 0 Å². The smallest absolute Gasteiger partial charge is 0.246 e. The first-order valence-electron chi connectivity index (χ1n) is 7.83. The molecule has 136 valence electrons. The first-order chi connectivity index (χ1) is 12.4. The molecule has 2 aromatic carbocycles. The Balaban J connectivity index is 1.77. The lowest BCUT2D eigenvalue weighted by Crippen LogP contribution is -2.27. The molecule has 0 atom stereocenters. The van der Waals surface area contributed by atoms with Crippen LogP contribution in [0.1, 0.15) is 11.1 Å². The van der Waals surface area contributed by atoms with Gasteiger partial charge in [0.1, 0.15) is 4.90 Å². The van der Waals surface area contributed by atoms with Gasteiger partial charge in [-0.3, -0.25) is 4.68 Å². The van der Waals surface area contributed by atoms with Crippen molar-refractivity contribution in [2.75, 3.05) is 7.05 Å². The summed E-state index contributed by atoms with van der Waals surface area (Å²) in [7, 11) is -2.33. The van der Waals surface area contributed by atoms with Crippen molar-refractivity contribution in [1.82, 2.24) is 14.1 Å². The highest BCUT2D eigenvalue weighted by molar-refractivity contribution is 7.89. The lowest BCUT2D eigenvalue weighted by atomic mass is 10.2. The van der Waals surface area contributed by atoms with Crippen LogP contribution in [0.15, 0.2) is 65.8 Å². The van der Waals surface area contributed by atoms with Crippen molar-refractivity contribution in [3.63, 3.8) is 0 Å². The third-order valence-electron chi connectivity index (χ3n) is 3.87. The van der Waals surface area contributed by atoms with Gasteiger partial charge in [-0.1, -0.05) is 59.6 Å². The molecule has 0 unspecified atom stereocenters. The summed E-state index contributed by atoms with van der Waals surface area (Å²) in [4.78, 5) is -0.0810. The van der Waals surface area contributed by atoms with E-state index >= 15 is 0 Å². The Hall–Kier alpha value is -1.86. The van der Waals surface area contributed by atoms with Crippen LogP contribution in [0.25, 0.3) is 0 Å². The van der Waals surface area contributed by atoms with Gasteiger partial charge in [0.2, 0.25) is 10.0 Å². The molecule has 3 aromatic rings. The summed E-state index contributed by atoms with van der Waals surface area (Å²) >= 11 is 12.1. The highest BCUT2D eigenvalue weighted by Gasteiger charge is 2.26. The predicted octanol–water partition coefficient (Wildman–Crippen LogP) is 4.06. The highest BCUT2D eigenvalue weighted by Crippen LogP contribution is 2.31. The second kappa shape index (κ2) is 7.80. The molecule has 5 nitrogen and oxygen atoms in total. The maximum atomic E-state index is 12.8. The monoisotopic (exact) mass is 409 g/mol. The zero-order valence-corrected chi connectivity index (χ0v) is 16.3. The number of hydrogen-bond acceptors (Lipinski definition) is 3. The van der Waals surface area contributed by atoms with E-state index in [1.807, 2.05) is 36.5 Å². The van der Waals surface area contributed by atoms with Crippen molar-refractivity contribution < 1.29 is 8.42 Å². The molecule has 0 saturated heterocycles. The summed E-state index contributed by atoms with van der Waals surface area (Å²) in [6.45, 7) is 0.784. The summed E-state index contributed by atoms with van der Waals surface area (Å²) < 4.78 is 28.6. The molecule has 0 aliphatic carbocycles. The molecule has 0 amide bonds. The molecule has 3 rings (SSSR count). The standard InChI is InChI=1S/C18H17Cl2N3O2S/c1-22(26(24,25)18-16(19)8-5-9-17(18)20)11-15-10-21-23(13-15)12-14-6-3-2-4-7-14/h2-10,13H,11-12H2,1H3. The predicted molar refractivity (Wildman–Crippen MR) is 103 cm³/mol. The third kappa shape index (κ3) is 4.10. The van der Waals surface area contributed by atoms with Gasteiger partial charge in [0.25, 0.3) is 0 Å². The molecule has 8 heteroatoms. The van der Waals surface area contributed by atoms with E-state index in [1.165, 1.54) is 23.5 Å². The van der Waals surface area contributed by atoms with Crippen molar-refractivity contribution in [2.24, 2.45) is 0 Å². The fraction of sp³-hybridized carbons (Fsp3) is 0.167. The molecule has 0 fully saturated rings. The van der Waals surface area contributed by atoms with E-state index in [2.05, 4.69) is 5.10 Å². The molecular formula is C18H17Cl2N3O2S. The topological polar surface area (TPSA) is 55.2 Å². The van der Waals surface area contributed by atoms with Crippen molar-refractivity contribution in [1.29, 1.82) is 0 Å². The van der Waals surface area contributed by atoms with Gasteiger partial charge in [0, 0.05) is 25.4 Å². The maximum Gasteiger partial charge on any atom is 0.246 e. The lowest BCUT2D eigenvalue weighted by molar-refractivity contribution is 0.466. The minimum absolute atomic E-state index is 0.0810. The fourth-order valence-electron chi connectivity index (χ4n) is 2.57. The summed E-state index contributed by atoms with van der Waals surface area (Å²) in [5, 5.41) is 4.50. The highest BCUT2D eigenvalue weighted by atomic mass is 35.5. The van der Waals surface area contributed by atoms with E-state index in [4.69, 9.17) is 23.2 Å². The Morgan fingerprint density at radius 3 is 2.31 bits per heavy atom. The summed E-state index contributed by atoms with van der Waals surface area (Å²) in [5.74, 6) is 0. The Morgan fingerprint density at radius 1 is 1.00 bits per heavy atom. The zero-order valence-electron chi connectivity index (χ0n) is 14.0. The van der Waals surface area contributed by atoms with Crippen LogP contribution in [0, 0.1) is 0 Å². The Morgan fingerprint density at radius 2 is 1.65 bits per heavy atom.